The number of nitrogens with zero attached hydrogens (tertiary/aromatic N) is 1. The van der Waals surface area contributed by atoms with Crippen LogP contribution in [-0.2, 0) is 0 Å². The lowest BCUT2D eigenvalue weighted by Crippen LogP contribution is -2.14. The van der Waals surface area contributed by atoms with Crippen LogP contribution >= 0.6 is 11.6 Å². The van der Waals surface area contributed by atoms with Crippen LogP contribution in [0.1, 0.15) is 16.1 Å². The summed E-state index contributed by atoms with van der Waals surface area (Å²) in [6.07, 6.45) is 1.49. The van der Waals surface area contributed by atoms with Gasteiger partial charge in [0, 0.05) is 17.3 Å². The molecule has 18 heavy (non-hydrogen) atoms. The fourth-order valence-electron chi connectivity index (χ4n) is 1.70. The third kappa shape index (κ3) is 2.33. The molecule has 5 heteroatoms. The van der Waals surface area contributed by atoms with E-state index < -0.39 is 11.7 Å². The van der Waals surface area contributed by atoms with Gasteiger partial charge < -0.3 is 5.73 Å². The Balaban J connectivity index is 2.52. The normalized spacial score (nSPS) is 10.4. The van der Waals surface area contributed by atoms with Crippen LogP contribution in [0.5, 0.6) is 0 Å². The van der Waals surface area contributed by atoms with Gasteiger partial charge in [-0.3, -0.25) is 9.78 Å². The van der Waals surface area contributed by atoms with E-state index in [1.165, 1.54) is 18.3 Å². The molecule has 1 heterocycles. The number of benzene rings is 1. The van der Waals surface area contributed by atoms with E-state index in [4.69, 9.17) is 17.3 Å². The van der Waals surface area contributed by atoms with E-state index in [9.17, 15) is 9.18 Å². The zero-order valence-corrected chi connectivity index (χ0v) is 10.3. The van der Waals surface area contributed by atoms with Crippen molar-refractivity contribution in [1.82, 2.24) is 4.98 Å². The summed E-state index contributed by atoms with van der Waals surface area (Å²) < 4.78 is 13.0. The minimum Gasteiger partial charge on any atom is -0.364 e. The molecule has 92 valence electrons. The fourth-order valence-corrected chi connectivity index (χ4v) is 1.98. The van der Waals surface area contributed by atoms with Crippen LogP contribution in [-0.4, -0.2) is 10.9 Å². The molecule has 1 aromatic heterocycles. The molecule has 2 N–H and O–H groups in total. The van der Waals surface area contributed by atoms with Gasteiger partial charge in [0.15, 0.2) is 0 Å². The van der Waals surface area contributed by atoms with E-state index in [1.807, 2.05) is 0 Å². The molecule has 0 aliphatic heterocycles. The molecule has 2 rings (SSSR count). The predicted molar refractivity (Wildman–Crippen MR) is 67.9 cm³/mol. The maximum Gasteiger partial charge on any atom is 0.267 e. The molecule has 0 saturated heterocycles. The lowest BCUT2D eigenvalue weighted by atomic mass is 10.0. The highest BCUT2D eigenvalue weighted by Crippen LogP contribution is 2.28. The van der Waals surface area contributed by atoms with Crippen molar-refractivity contribution in [3.63, 3.8) is 0 Å². The van der Waals surface area contributed by atoms with E-state index >= 15 is 0 Å². The van der Waals surface area contributed by atoms with Gasteiger partial charge in [-0.15, -0.1) is 0 Å². The van der Waals surface area contributed by atoms with E-state index in [1.54, 1.807) is 19.1 Å². The summed E-state index contributed by atoms with van der Waals surface area (Å²) in [5.74, 6) is -0.980. The molecule has 0 spiro atoms. The predicted octanol–water partition coefficient (Wildman–Crippen LogP) is 2.95. The summed E-state index contributed by atoms with van der Waals surface area (Å²) >= 11 is 5.96. The standard InChI is InChI=1S/C13H10ClFN2O/c1-7-4-8(6-17-12(7)13(16)18)10-3-2-9(15)5-11(10)14/h2-6H,1H3,(H2,16,18). The number of halogens is 2. The van der Waals surface area contributed by atoms with Gasteiger partial charge in [0.2, 0.25) is 0 Å². The second-order valence-electron chi connectivity index (χ2n) is 3.88. The number of amides is 1. The molecule has 0 saturated carbocycles. The number of aryl methyl sites for hydroxylation is 1. The Bertz CT molecular complexity index is 628. The first-order valence-corrected chi connectivity index (χ1v) is 5.58. The molecule has 0 unspecified atom stereocenters. The Morgan fingerprint density at radius 1 is 1.39 bits per heavy atom. The number of primary amides is 1. The summed E-state index contributed by atoms with van der Waals surface area (Å²) in [4.78, 5) is 15.1. The van der Waals surface area contributed by atoms with Gasteiger partial charge in [-0.2, -0.15) is 0 Å². The maximum atomic E-state index is 13.0. The number of pyridine rings is 1. The Kier molecular flexibility index (Phi) is 3.30. The van der Waals surface area contributed by atoms with Crippen LogP contribution in [0.25, 0.3) is 11.1 Å². The van der Waals surface area contributed by atoms with Crippen molar-refractivity contribution < 1.29 is 9.18 Å². The molecular weight excluding hydrogens is 255 g/mol. The third-order valence-corrected chi connectivity index (χ3v) is 2.87. The van der Waals surface area contributed by atoms with Crippen molar-refractivity contribution in [3.8, 4) is 11.1 Å². The van der Waals surface area contributed by atoms with Crippen LogP contribution in [0.3, 0.4) is 0 Å². The molecule has 0 radical (unpaired) electrons. The second kappa shape index (κ2) is 4.74. The lowest BCUT2D eigenvalue weighted by molar-refractivity contribution is 0.0995. The maximum absolute atomic E-state index is 13.0. The highest BCUT2D eigenvalue weighted by molar-refractivity contribution is 6.33. The SMILES string of the molecule is Cc1cc(-c2ccc(F)cc2Cl)cnc1C(N)=O. The summed E-state index contributed by atoms with van der Waals surface area (Å²) in [6.45, 7) is 1.73. The van der Waals surface area contributed by atoms with Gasteiger partial charge in [-0.05, 0) is 36.8 Å². The van der Waals surface area contributed by atoms with E-state index in [0.29, 0.717) is 21.7 Å². The number of rotatable bonds is 2. The topological polar surface area (TPSA) is 56.0 Å². The summed E-state index contributed by atoms with van der Waals surface area (Å²) in [5, 5.41) is 0.294. The van der Waals surface area contributed by atoms with Gasteiger partial charge in [0.05, 0.1) is 5.02 Å². The molecule has 0 atom stereocenters. The zero-order chi connectivity index (χ0) is 13.3. The number of hydrogen-bond acceptors (Lipinski definition) is 2. The van der Waals surface area contributed by atoms with Crippen molar-refractivity contribution in [3.05, 3.63) is 52.6 Å². The number of hydrogen-bond donors (Lipinski definition) is 1. The van der Waals surface area contributed by atoms with Crippen LogP contribution in [0, 0.1) is 12.7 Å². The van der Waals surface area contributed by atoms with Gasteiger partial charge in [0.25, 0.3) is 5.91 Å². The number of carbonyl (C=O) groups is 1. The van der Waals surface area contributed by atoms with Crippen LogP contribution in [0.2, 0.25) is 5.02 Å². The Morgan fingerprint density at radius 3 is 2.67 bits per heavy atom. The summed E-state index contributed by atoms with van der Waals surface area (Å²) in [7, 11) is 0. The second-order valence-corrected chi connectivity index (χ2v) is 4.29. The first-order valence-electron chi connectivity index (χ1n) is 5.21. The largest absolute Gasteiger partial charge is 0.364 e. The smallest absolute Gasteiger partial charge is 0.267 e. The van der Waals surface area contributed by atoms with Gasteiger partial charge in [-0.1, -0.05) is 11.6 Å². The highest BCUT2D eigenvalue weighted by Gasteiger charge is 2.10. The van der Waals surface area contributed by atoms with E-state index in [0.717, 1.165) is 0 Å². The molecule has 1 amide bonds. The minimum absolute atomic E-state index is 0.219. The Labute approximate surface area is 108 Å². The van der Waals surface area contributed by atoms with Crippen molar-refractivity contribution in [2.45, 2.75) is 6.92 Å². The van der Waals surface area contributed by atoms with Gasteiger partial charge in [0.1, 0.15) is 11.5 Å². The monoisotopic (exact) mass is 264 g/mol. The Hall–Kier alpha value is -1.94. The fraction of sp³-hybridized carbons (Fsp3) is 0.0769. The average Bonchev–Trinajstić information content (AvgIpc) is 2.28. The van der Waals surface area contributed by atoms with Crippen molar-refractivity contribution >= 4 is 17.5 Å². The summed E-state index contributed by atoms with van der Waals surface area (Å²) in [5.41, 5.74) is 7.42. The van der Waals surface area contributed by atoms with Gasteiger partial charge in [-0.25, -0.2) is 4.39 Å². The number of carbonyl (C=O) groups excluding carboxylic acids is 1. The third-order valence-electron chi connectivity index (χ3n) is 2.55. The molecular formula is C13H10ClFN2O. The molecule has 2 aromatic rings. The molecule has 0 fully saturated rings. The number of aromatic nitrogens is 1. The molecule has 0 aliphatic rings. The zero-order valence-electron chi connectivity index (χ0n) is 9.58. The minimum atomic E-state index is -0.579. The van der Waals surface area contributed by atoms with E-state index in [-0.39, 0.29) is 5.69 Å². The first kappa shape index (κ1) is 12.5. The quantitative estimate of drug-likeness (QED) is 0.907. The summed E-state index contributed by atoms with van der Waals surface area (Å²) in [6, 6.07) is 5.86. The van der Waals surface area contributed by atoms with Crippen molar-refractivity contribution in [2.75, 3.05) is 0 Å². The van der Waals surface area contributed by atoms with Crippen LogP contribution in [0.4, 0.5) is 4.39 Å². The van der Waals surface area contributed by atoms with Crippen molar-refractivity contribution in [1.29, 1.82) is 0 Å². The van der Waals surface area contributed by atoms with Crippen molar-refractivity contribution in [2.24, 2.45) is 5.73 Å². The Morgan fingerprint density at radius 2 is 2.11 bits per heavy atom. The molecule has 0 bridgehead atoms. The first-order chi connectivity index (χ1) is 8.49. The molecule has 0 aliphatic carbocycles. The lowest BCUT2D eigenvalue weighted by Gasteiger charge is -2.07. The number of nitrogens with two attached hydrogens (primary N) is 1. The van der Waals surface area contributed by atoms with Crippen LogP contribution in [0.15, 0.2) is 30.5 Å². The molecule has 3 nitrogen and oxygen atoms in total. The van der Waals surface area contributed by atoms with E-state index in [2.05, 4.69) is 4.98 Å². The highest BCUT2D eigenvalue weighted by atomic mass is 35.5. The average molecular weight is 265 g/mol. The van der Waals surface area contributed by atoms with Gasteiger partial charge >= 0.3 is 0 Å². The molecule has 1 aromatic carbocycles. The van der Waals surface area contributed by atoms with Crippen LogP contribution < -0.4 is 5.73 Å².